The Bertz CT molecular complexity index is 579. The van der Waals surface area contributed by atoms with Crippen molar-refractivity contribution in [2.75, 3.05) is 26.8 Å². The van der Waals surface area contributed by atoms with Crippen LogP contribution < -0.4 is 0 Å². The van der Waals surface area contributed by atoms with Gasteiger partial charge in [0, 0.05) is 39.1 Å². The SMILES string of the molecule is COCc1noc(CC2CCOC3(CCN(C(=O)C(C)C)CC3)C2)n1. The van der Waals surface area contributed by atoms with Gasteiger partial charge >= 0.3 is 0 Å². The lowest BCUT2D eigenvalue weighted by Crippen LogP contribution is -2.51. The van der Waals surface area contributed by atoms with Gasteiger partial charge in [0.1, 0.15) is 6.61 Å². The van der Waals surface area contributed by atoms with Gasteiger partial charge in [0.25, 0.3) is 0 Å². The monoisotopic (exact) mass is 351 g/mol. The van der Waals surface area contributed by atoms with Crippen LogP contribution in [-0.4, -0.2) is 53.4 Å². The summed E-state index contributed by atoms with van der Waals surface area (Å²) < 4.78 is 16.5. The summed E-state index contributed by atoms with van der Waals surface area (Å²) in [6.45, 7) is 6.65. The summed E-state index contributed by atoms with van der Waals surface area (Å²) >= 11 is 0. The fourth-order valence-electron chi connectivity index (χ4n) is 3.96. The Morgan fingerprint density at radius 2 is 2.16 bits per heavy atom. The molecule has 0 saturated carbocycles. The molecule has 1 amide bonds. The molecule has 0 bridgehead atoms. The minimum absolute atomic E-state index is 0.0629. The Kier molecular flexibility index (Phi) is 5.74. The number of amides is 1. The Morgan fingerprint density at radius 1 is 1.40 bits per heavy atom. The zero-order chi connectivity index (χ0) is 17.9. The third-order valence-electron chi connectivity index (χ3n) is 5.32. The lowest BCUT2D eigenvalue weighted by atomic mass is 9.78. The second-order valence-corrected chi connectivity index (χ2v) is 7.61. The van der Waals surface area contributed by atoms with Crippen molar-refractivity contribution in [3.8, 4) is 0 Å². The van der Waals surface area contributed by atoms with Crippen LogP contribution in [-0.2, 0) is 27.3 Å². The topological polar surface area (TPSA) is 77.7 Å². The number of piperidine rings is 1. The highest BCUT2D eigenvalue weighted by molar-refractivity contribution is 5.78. The van der Waals surface area contributed by atoms with Crippen molar-refractivity contribution in [3.63, 3.8) is 0 Å². The number of methoxy groups -OCH3 is 1. The van der Waals surface area contributed by atoms with Crippen LogP contribution >= 0.6 is 0 Å². The number of rotatable bonds is 5. The van der Waals surface area contributed by atoms with E-state index in [4.69, 9.17) is 14.0 Å². The molecule has 0 radical (unpaired) electrons. The molecular weight excluding hydrogens is 322 g/mol. The smallest absolute Gasteiger partial charge is 0.227 e. The number of ether oxygens (including phenoxy) is 2. The van der Waals surface area contributed by atoms with Crippen LogP contribution in [0.2, 0.25) is 0 Å². The van der Waals surface area contributed by atoms with Gasteiger partial charge in [0.15, 0.2) is 5.82 Å². The Labute approximate surface area is 149 Å². The van der Waals surface area contributed by atoms with Crippen molar-refractivity contribution in [2.45, 2.75) is 58.2 Å². The first-order valence-corrected chi connectivity index (χ1v) is 9.24. The first-order valence-electron chi connectivity index (χ1n) is 9.24. The van der Waals surface area contributed by atoms with Gasteiger partial charge in [-0.3, -0.25) is 4.79 Å². The molecule has 2 aliphatic rings. The minimum atomic E-state index is -0.0912. The zero-order valence-corrected chi connectivity index (χ0v) is 15.5. The van der Waals surface area contributed by atoms with Crippen molar-refractivity contribution in [1.82, 2.24) is 15.0 Å². The molecule has 0 aromatic carbocycles. The molecule has 1 aromatic heterocycles. The number of carbonyl (C=O) groups is 1. The summed E-state index contributed by atoms with van der Waals surface area (Å²) in [4.78, 5) is 18.5. The standard InChI is InChI=1S/C18H29N3O4/c1-13(2)17(22)21-7-5-18(6-8-21)11-14(4-9-24-18)10-16-19-15(12-23-3)20-25-16/h13-14H,4-12H2,1-3H3. The molecule has 7 nitrogen and oxygen atoms in total. The molecule has 0 N–H and O–H groups in total. The maximum Gasteiger partial charge on any atom is 0.227 e. The molecule has 1 unspecified atom stereocenters. The van der Waals surface area contributed by atoms with Crippen molar-refractivity contribution in [3.05, 3.63) is 11.7 Å². The fraction of sp³-hybridized carbons (Fsp3) is 0.833. The maximum atomic E-state index is 12.2. The second-order valence-electron chi connectivity index (χ2n) is 7.61. The third-order valence-corrected chi connectivity index (χ3v) is 5.32. The number of aromatic nitrogens is 2. The quantitative estimate of drug-likeness (QED) is 0.809. The lowest BCUT2D eigenvalue weighted by molar-refractivity contribution is -0.149. The third kappa shape index (κ3) is 4.39. The van der Waals surface area contributed by atoms with Gasteiger partial charge in [-0.1, -0.05) is 19.0 Å². The highest BCUT2D eigenvalue weighted by atomic mass is 16.5. The predicted octanol–water partition coefficient (Wildman–Crippen LogP) is 2.20. The summed E-state index contributed by atoms with van der Waals surface area (Å²) in [6, 6.07) is 0. The summed E-state index contributed by atoms with van der Waals surface area (Å²) in [5.74, 6) is 2.07. The molecule has 2 saturated heterocycles. The van der Waals surface area contributed by atoms with Crippen molar-refractivity contribution in [2.24, 2.45) is 11.8 Å². The van der Waals surface area contributed by atoms with Gasteiger partial charge in [-0.05, 0) is 31.6 Å². The van der Waals surface area contributed by atoms with E-state index in [2.05, 4.69) is 10.1 Å². The van der Waals surface area contributed by atoms with Gasteiger partial charge in [-0.25, -0.2) is 0 Å². The normalized spacial score (nSPS) is 23.4. The number of nitrogens with zero attached hydrogens (tertiary/aromatic N) is 3. The molecule has 0 aliphatic carbocycles. The van der Waals surface area contributed by atoms with Gasteiger partial charge in [-0.15, -0.1) is 0 Å². The molecule has 140 valence electrons. The molecule has 1 atom stereocenters. The number of hydrogen-bond donors (Lipinski definition) is 0. The molecular formula is C18H29N3O4. The Balaban J connectivity index is 1.55. The predicted molar refractivity (Wildman–Crippen MR) is 90.8 cm³/mol. The van der Waals surface area contributed by atoms with E-state index in [-0.39, 0.29) is 17.4 Å². The average molecular weight is 351 g/mol. The van der Waals surface area contributed by atoms with E-state index in [0.717, 1.165) is 51.8 Å². The number of carbonyl (C=O) groups excluding carboxylic acids is 1. The number of likely N-dealkylation sites (tertiary alicyclic amines) is 1. The van der Waals surface area contributed by atoms with Crippen molar-refractivity contribution < 1.29 is 18.8 Å². The van der Waals surface area contributed by atoms with Gasteiger partial charge in [0.2, 0.25) is 11.8 Å². The van der Waals surface area contributed by atoms with Crippen molar-refractivity contribution >= 4 is 5.91 Å². The van der Waals surface area contributed by atoms with Crippen LogP contribution in [0.1, 0.15) is 51.2 Å². The van der Waals surface area contributed by atoms with E-state index in [1.54, 1.807) is 7.11 Å². The first-order chi connectivity index (χ1) is 12.0. The average Bonchev–Trinajstić information content (AvgIpc) is 3.02. The molecule has 3 rings (SSSR count). The molecule has 1 aromatic rings. The highest BCUT2D eigenvalue weighted by Gasteiger charge is 2.41. The second kappa shape index (κ2) is 7.83. The van der Waals surface area contributed by atoms with Crippen molar-refractivity contribution in [1.29, 1.82) is 0 Å². The van der Waals surface area contributed by atoms with E-state index in [9.17, 15) is 4.79 Å². The maximum absolute atomic E-state index is 12.2. The molecule has 2 aliphatic heterocycles. The lowest BCUT2D eigenvalue weighted by Gasteiger charge is -2.46. The summed E-state index contributed by atoms with van der Waals surface area (Å²) in [7, 11) is 1.62. The van der Waals surface area contributed by atoms with Crippen LogP contribution in [0.5, 0.6) is 0 Å². The van der Waals surface area contributed by atoms with E-state index < -0.39 is 0 Å². The molecule has 7 heteroatoms. The molecule has 25 heavy (non-hydrogen) atoms. The van der Waals surface area contributed by atoms with Crippen LogP contribution in [0.15, 0.2) is 4.52 Å². The summed E-state index contributed by atoms with van der Waals surface area (Å²) in [6.07, 6.45) is 4.63. The van der Waals surface area contributed by atoms with Crippen LogP contribution in [0.4, 0.5) is 0 Å². The highest BCUT2D eigenvalue weighted by Crippen LogP contribution is 2.38. The van der Waals surface area contributed by atoms with Crippen LogP contribution in [0, 0.1) is 11.8 Å². The van der Waals surface area contributed by atoms with E-state index >= 15 is 0 Å². The Morgan fingerprint density at radius 3 is 2.84 bits per heavy atom. The summed E-state index contributed by atoms with van der Waals surface area (Å²) in [5, 5.41) is 3.93. The van der Waals surface area contributed by atoms with E-state index in [0.29, 0.717) is 24.2 Å². The van der Waals surface area contributed by atoms with Gasteiger partial charge < -0.3 is 18.9 Å². The zero-order valence-electron chi connectivity index (χ0n) is 15.5. The van der Waals surface area contributed by atoms with Gasteiger partial charge in [-0.2, -0.15) is 4.98 Å². The molecule has 3 heterocycles. The van der Waals surface area contributed by atoms with Gasteiger partial charge in [0.05, 0.1) is 5.60 Å². The fourth-order valence-corrected chi connectivity index (χ4v) is 3.96. The van der Waals surface area contributed by atoms with E-state index in [1.165, 1.54) is 0 Å². The summed E-state index contributed by atoms with van der Waals surface area (Å²) in [5.41, 5.74) is -0.0912. The van der Waals surface area contributed by atoms with E-state index in [1.807, 2.05) is 18.7 Å². The minimum Gasteiger partial charge on any atom is -0.377 e. The van der Waals surface area contributed by atoms with Crippen LogP contribution in [0.25, 0.3) is 0 Å². The molecule has 2 fully saturated rings. The van der Waals surface area contributed by atoms with Crippen LogP contribution in [0.3, 0.4) is 0 Å². The number of hydrogen-bond acceptors (Lipinski definition) is 6. The Hall–Kier alpha value is -1.47. The largest absolute Gasteiger partial charge is 0.377 e. The first kappa shape index (κ1) is 18.3. The molecule has 1 spiro atoms.